The quantitative estimate of drug-likeness (QED) is 0.549. The molecule has 31 heavy (non-hydrogen) atoms. The second-order valence-electron chi connectivity index (χ2n) is 9.93. The molecule has 5 nitrogen and oxygen atoms in total. The monoisotopic (exact) mass is 436 g/mol. The van der Waals surface area contributed by atoms with Crippen molar-refractivity contribution >= 4 is 17.5 Å². The van der Waals surface area contributed by atoms with Gasteiger partial charge in [0, 0.05) is 39.5 Å². The van der Waals surface area contributed by atoms with E-state index in [0.717, 1.165) is 29.9 Å². The van der Waals surface area contributed by atoms with Crippen molar-refractivity contribution < 1.29 is 4.79 Å². The number of nitrogens with one attached hydrogen (secondary N) is 1. The third-order valence-electron chi connectivity index (χ3n) is 5.81. The van der Waals surface area contributed by atoms with E-state index in [4.69, 9.17) is 16.6 Å². The zero-order valence-electron chi connectivity index (χ0n) is 18.7. The Morgan fingerprint density at radius 3 is 2.39 bits per heavy atom. The lowest BCUT2D eigenvalue weighted by molar-refractivity contribution is 0.0903. The predicted octanol–water partition coefficient (Wildman–Crippen LogP) is 5.80. The molecule has 1 aliphatic carbocycles. The van der Waals surface area contributed by atoms with Crippen molar-refractivity contribution in [2.24, 2.45) is 5.92 Å². The Morgan fingerprint density at radius 2 is 1.77 bits per heavy atom. The maximum absolute atomic E-state index is 13.2. The number of benzene rings is 1. The molecular weight excluding hydrogens is 408 g/mol. The third-order valence-corrected chi connectivity index (χ3v) is 6.06. The first kappa shape index (κ1) is 21.6. The fourth-order valence-corrected chi connectivity index (χ4v) is 3.98. The van der Waals surface area contributed by atoms with Gasteiger partial charge in [-0.2, -0.15) is 0 Å². The fraction of sp³-hybridized carbons (Fsp3) is 0.400. The molecule has 0 radical (unpaired) electrons. The van der Waals surface area contributed by atoms with Gasteiger partial charge in [0.05, 0.1) is 5.69 Å². The van der Waals surface area contributed by atoms with Crippen molar-refractivity contribution in [3.8, 4) is 17.1 Å². The van der Waals surface area contributed by atoms with E-state index in [1.54, 1.807) is 6.20 Å². The predicted molar refractivity (Wildman–Crippen MR) is 125 cm³/mol. The van der Waals surface area contributed by atoms with Crippen LogP contribution in [0.1, 0.15) is 63.6 Å². The molecule has 0 spiro atoms. The summed E-state index contributed by atoms with van der Waals surface area (Å²) in [6, 6.07) is 11.2. The molecule has 6 heteroatoms. The minimum absolute atomic E-state index is 0.0896. The Kier molecular flexibility index (Phi) is 5.42. The lowest BCUT2D eigenvalue weighted by Crippen LogP contribution is -2.45. The van der Waals surface area contributed by atoms with Crippen molar-refractivity contribution in [3.63, 3.8) is 0 Å². The van der Waals surface area contributed by atoms with E-state index in [1.165, 1.54) is 0 Å². The zero-order valence-corrected chi connectivity index (χ0v) is 19.5. The van der Waals surface area contributed by atoms with Gasteiger partial charge in [-0.1, -0.05) is 44.5 Å². The highest BCUT2D eigenvalue weighted by molar-refractivity contribution is 6.30. The zero-order chi connectivity index (χ0) is 22.4. The van der Waals surface area contributed by atoms with Gasteiger partial charge in [-0.3, -0.25) is 9.36 Å². The molecule has 3 aromatic rings. The summed E-state index contributed by atoms with van der Waals surface area (Å²) in [5.74, 6) is 2.00. The molecule has 2 heterocycles. The van der Waals surface area contributed by atoms with E-state index in [1.807, 2.05) is 47.2 Å². The van der Waals surface area contributed by atoms with Crippen molar-refractivity contribution in [1.82, 2.24) is 19.9 Å². The highest BCUT2D eigenvalue weighted by atomic mass is 35.5. The smallest absolute Gasteiger partial charge is 0.251 e. The Morgan fingerprint density at radius 1 is 1.10 bits per heavy atom. The minimum atomic E-state index is -0.230. The van der Waals surface area contributed by atoms with E-state index in [0.29, 0.717) is 22.3 Å². The van der Waals surface area contributed by atoms with Crippen LogP contribution in [0.15, 0.2) is 48.8 Å². The molecule has 0 aliphatic heterocycles. The molecule has 1 saturated carbocycles. The third kappa shape index (κ3) is 4.67. The van der Waals surface area contributed by atoms with Crippen LogP contribution in [0.3, 0.4) is 0 Å². The first-order valence-corrected chi connectivity index (χ1v) is 11.1. The largest absolute Gasteiger partial charge is 0.347 e. The molecule has 1 aliphatic rings. The van der Waals surface area contributed by atoms with Gasteiger partial charge in [-0.25, -0.2) is 9.97 Å². The number of aromatic nitrogens is 3. The average Bonchev–Trinajstić information content (AvgIpc) is 3.44. The van der Waals surface area contributed by atoms with Crippen LogP contribution in [-0.2, 0) is 5.41 Å². The number of hydrogen-bond acceptors (Lipinski definition) is 3. The number of hydrogen-bond donors (Lipinski definition) is 1. The van der Waals surface area contributed by atoms with Gasteiger partial charge in [0.1, 0.15) is 11.6 Å². The first-order valence-electron chi connectivity index (χ1n) is 10.7. The number of carbonyl (C=O) groups is 1. The second-order valence-corrected chi connectivity index (χ2v) is 10.4. The summed E-state index contributed by atoms with van der Waals surface area (Å²) in [4.78, 5) is 22.7. The highest BCUT2D eigenvalue weighted by Gasteiger charge is 2.39. The molecule has 4 rings (SSSR count). The molecule has 1 aromatic carbocycles. The summed E-state index contributed by atoms with van der Waals surface area (Å²) >= 11 is 6.08. The summed E-state index contributed by atoms with van der Waals surface area (Å²) in [6.45, 7) is 10.5. The minimum Gasteiger partial charge on any atom is -0.347 e. The van der Waals surface area contributed by atoms with Crippen molar-refractivity contribution in [3.05, 3.63) is 65.2 Å². The van der Waals surface area contributed by atoms with Gasteiger partial charge in [-0.05, 0) is 56.9 Å². The van der Waals surface area contributed by atoms with E-state index in [2.05, 4.69) is 44.9 Å². The highest BCUT2D eigenvalue weighted by Crippen LogP contribution is 2.39. The van der Waals surface area contributed by atoms with E-state index in [9.17, 15) is 4.79 Å². The second kappa shape index (κ2) is 7.79. The maximum Gasteiger partial charge on any atom is 0.251 e. The molecular formula is C25H29ClN4O. The van der Waals surface area contributed by atoms with Crippen LogP contribution in [0.4, 0.5) is 0 Å². The summed E-state index contributed by atoms with van der Waals surface area (Å²) in [7, 11) is 0. The number of pyridine rings is 1. The van der Waals surface area contributed by atoms with Gasteiger partial charge in [0.15, 0.2) is 0 Å². The maximum atomic E-state index is 13.2. The van der Waals surface area contributed by atoms with E-state index < -0.39 is 0 Å². The first-order chi connectivity index (χ1) is 14.5. The van der Waals surface area contributed by atoms with Gasteiger partial charge in [0.25, 0.3) is 5.91 Å². The van der Waals surface area contributed by atoms with Crippen molar-refractivity contribution in [2.75, 3.05) is 0 Å². The Hall–Kier alpha value is -2.66. The molecule has 0 unspecified atom stereocenters. The number of imidazole rings is 1. The Labute approximate surface area is 188 Å². The molecule has 1 N–H and O–H groups in total. The van der Waals surface area contributed by atoms with Crippen LogP contribution in [0, 0.1) is 5.92 Å². The number of carbonyl (C=O) groups excluding carboxylic acids is 1. The fourth-order valence-electron chi connectivity index (χ4n) is 3.85. The average molecular weight is 437 g/mol. The molecule has 1 amide bonds. The van der Waals surface area contributed by atoms with Crippen LogP contribution in [0.2, 0.25) is 5.02 Å². The molecule has 162 valence electrons. The molecule has 0 atom stereocenters. The van der Waals surface area contributed by atoms with Gasteiger partial charge in [-0.15, -0.1) is 0 Å². The van der Waals surface area contributed by atoms with Crippen molar-refractivity contribution in [2.45, 2.75) is 58.4 Å². The lowest BCUT2D eigenvalue weighted by atomic mass is 9.95. The normalized spacial score (nSPS) is 14.5. The van der Waals surface area contributed by atoms with Crippen molar-refractivity contribution in [1.29, 1.82) is 0 Å². The summed E-state index contributed by atoms with van der Waals surface area (Å²) in [5.41, 5.74) is 1.80. The standard InChI is InChI=1S/C25H29ClN4O/c1-24(2,3)23-27-12-13-30(23)21-15-17(22(31)29-25(4,5)18-8-9-18)14-20(28-21)16-6-10-19(26)11-7-16/h6-7,10-15,18H,8-9H2,1-5H3,(H,29,31). The molecule has 1 fully saturated rings. The van der Waals surface area contributed by atoms with E-state index >= 15 is 0 Å². The Balaban J connectivity index is 1.80. The number of amides is 1. The van der Waals surface area contributed by atoms with Gasteiger partial charge >= 0.3 is 0 Å². The summed E-state index contributed by atoms with van der Waals surface area (Å²) in [5, 5.41) is 3.89. The van der Waals surface area contributed by atoms with Crippen LogP contribution in [0.25, 0.3) is 17.1 Å². The molecule has 2 aromatic heterocycles. The van der Waals surface area contributed by atoms with Crippen LogP contribution < -0.4 is 5.32 Å². The topological polar surface area (TPSA) is 59.8 Å². The SMILES string of the molecule is CC(C)(C)c1nccn1-c1cc(C(=O)NC(C)(C)C2CC2)cc(-c2ccc(Cl)cc2)n1. The van der Waals surface area contributed by atoms with Crippen LogP contribution >= 0.6 is 11.6 Å². The Bertz CT molecular complexity index is 1110. The number of halogens is 1. The summed E-state index contributed by atoms with van der Waals surface area (Å²) in [6.07, 6.45) is 5.99. The number of nitrogens with zero attached hydrogens (tertiary/aromatic N) is 3. The van der Waals surface area contributed by atoms with Crippen LogP contribution in [-0.4, -0.2) is 26.0 Å². The molecule has 0 saturated heterocycles. The van der Waals surface area contributed by atoms with Crippen LogP contribution in [0.5, 0.6) is 0 Å². The van der Waals surface area contributed by atoms with E-state index in [-0.39, 0.29) is 16.9 Å². The lowest BCUT2D eigenvalue weighted by Gasteiger charge is -2.26. The molecule has 0 bridgehead atoms. The number of rotatable bonds is 5. The van der Waals surface area contributed by atoms with Gasteiger partial charge < -0.3 is 5.32 Å². The van der Waals surface area contributed by atoms with Gasteiger partial charge in [0.2, 0.25) is 0 Å². The summed E-state index contributed by atoms with van der Waals surface area (Å²) < 4.78 is 1.96.